The molecule has 6 rings (SSSR count). The Labute approximate surface area is 233 Å². The van der Waals surface area contributed by atoms with Crippen LogP contribution in [0.25, 0.3) is 0 Å². The van der Waals surface area contributed by atoms with E-state index in [9.17, 15) is 9.59 Å². The van der Waals surface area contributed by atoms with Crippen LogP contribution >= 0.6 is 11.6 Å². The van der Waals surface area contributed by atoms with Crippen molar-refractivity contribution in [3.8, 4) is 11.5 Å². The molecule has 0 radical (unpaired) electrons. The Bertz CT molecular complexity index is 1450. The van der Waals surface area contributed by atoms with E-state index < -0.39 is 5.92 Å². The Balaban J connectivity index is 1.38. The lowest BCUT2D eigenvalue weighted by Gasteiger charge is -2.47. The van der Waals surface area contributed by atoms with Crippen molar-refractivity contribution in [2.24, 2.45) is 0 Å². The van der Waals surface area contributed by atoms with E-state index in [1.54, 1.807) is 20.3 Å². The number of carbonyl (C=O) groups is 2. The van der Waals surface area contributed by atoms with E-state index in [0.29, 0.717) is 60.4 Å². The van der Waals surface area contributed by atoms with E-state index in [0.717, 1.165) is 23.2 Å². The number of hydrogen-bond acceptors (Lipinski definition) is 5. The first kappa shape index (κ1) is 25.6. The first-order chi connectivity index (χ1) is 18.9. The Morgan fingerprint density at radius 1 is 0.897 bits per heavy atom. The summed E-state index contributed by atoms with van der Waals surface area (Å²) in [5, 5.41) is 0.706. The van der Waals surface area contributed by atoms with E-state index in [1.165, 1.54) is 5.56 Å². The minimum absolute atomic E-state index is 0.0325. The number of benzene rings is 3. The van der Waals surface area contributed by atoms with Crippen LogP contribution in [0.2, 0.25) is 5.02 Å². The van der Waals surface area contributed by atoms with Crippen LogP contribution in [0.1, 0.15) is 44.6 Å². The second-order valence-electron chi connectivity index (χ2n) is 10.4. The van der Waals surface area contributed by atoms with E-state index in [2.05, 4.69) is 24.0 Å². The molecule has 0 aromatic heterocycles. The van der Waals surface area contributed by atoms with Gasteiger partial charge in [-0.05, 0) is 59.9 Å². The molecule has 1 fully saturated rings. The molecule has 1 saturated heterocycles. The van der Waals surface area contributed by atoms with Crippen molar-refractivity contribution in [2.75, 3.05) is 51.8 Å². The Kier molecular flexibility index (Phi) is 6.63. The molecule has 7 nitrogen and oxygen atoms in total. The van der Waals surface area contributed by atoms with Crippen LogP contribution in [-0.4, -0.2) is 68.6 Å². The van der Waals surface area contributed by atoms with Gasteiger partial charge in [0.2, 0.25) is 5.91 Å². The van der Waals surface area contributed by atoms with E-state index in [4.69, 9.17) is 21.1 Å². The number of aryl methyl sites for hydroxylation is 1. The Hall–Kier alpha value is -3.71. The zero-order chi connectivity index (χ0) is 27.3. The third kappa shape index (κ3) is 4.29. The summed E-state index contributed by atoms with van der Waals surface area (Å²) in [4.78, 5) is 34.4. The average Bonchev–Trinajstić information content (AvgIpc) is 2.97. The second-order valence-corrected chi connectivity index (χ2v) is 10.8. The van der Waals surface area contributed by atoms with Gasteiger partial charge in [0, 0.05) is 49.0 Å². The fourth-order valence-electron chi connectivity index (χ4n) is 6.40. The number of methoxy groups -OCH3 is 2. The van der Waals surface area contributed by atoms with Gasteiger partial charge in [0.25, 0.3) is 5.91 Å². The van der Waals surface area contributed by atoms with Gasteiger partial charge in [-0.3, -0.25) is 9.59 Å². The minimum atomic E-state index is -0.543. The monoisotopic (exact) mass is 545 g/mol. The number of fused-ring (bicyclic) bond motifs is 4. The van der Waals surface area contributed by atoms with Crippen LogP contribution in [0.4, 0.5) is 5.69 Å². The number of amides is 2. The molecule has 0 unspecified atom stereocenters. The first-order valence-corrected chi connectivity index (χ1v) is 13.7. The number of halogens is 1. The van der Waals surface area contributed by atoms with E-state index in [1.807, 2.05) is 46.2 Å². The zero-order valence-electron chi connectivity index (χ0n) is 22.4. The quantitative estimate of drug-likeness (QED) is 0.469. The lowest BCUT2D eigenvalue weighted by Crippen LogP contribution is -2.54. The maximum absolute atomic E-state index is 14.5. The highest BCUT2D eigenvalue weighted by molar-refractivity contribution is 6.30. The molecule has 0 saturated carbocycles. The number of rotatable bonds is 4. The van der Waals surface area contributed by atoms with Crippen molar-refractivity contribution in [2.45, 2.75) is 25.3 Å². The topological polar surface area (TPSA) is 62.3 Å². The summed E-state index contributed by atoms with van der Waals surface area (Å²) >= 11 is 6.29. The Morgan fingerprint density at radius 3 is 2.36 bits per heavy atom. The van der Waals surface area contributed by atoms with Crippen molar-refractivity contribution in [3.05, 3.63) is 87.4 Å². The van der Waals surface area contributed by atoms with Gasteiger partial charge in [0.05, 0.1) is 26.2 Å². The summed E-state index contributed by atoms with van der Waals surface area (Å²) in [6.45, 7) is 5.25. The third-order valence-electron chi connectivity index (χ3n) is 8.40. The summed E-state index contributed by atoms with van der Waals surface area (Å²) in [6.07, 6.45) is 0.763. The second kappa shape index (κ2) is 10.1. The van der Waals surface area contributed by atoms with Gasteiger partial charge in [-0.2, -0.15) is 0 Å². The van der Waals surface area contributed by atoms with E-state index >= 15 is 0 Å². The zero-order valence-corrected chi connectivity index (χ0v) is 23.2. The molecule has 0 bridgehead atoms. The SMILES string of the molecule is COc1cc2c(cc1OC)[C@H](C(=O)N1CCN(c3cc(Cl)ccc3C)CC1)[C@@H]1c3ccccc3CCN1C2=O. The molecule has 39 heavy (non-hydrogen) atoms. The molecule has 8 heteroatoms. The highest BCUT2D eigenvalue weighted by Gasteiger charge is 2.48. The van der Waals surface area contributed by atoms with Crippen LogP contribution in [0.5, 0.6) is 11.5 Å². The Morgan fingerprint density at radius 2 is 1.62 bits per heavy atom. The molecule has 202 valence electrons. The third-order valence-corrected chi connectivity index (χ3v) is 8.63. The number of nitrogens with zero attached hydrogens (tertiary/aromatic N) is 3. The van der Waals surface area contributed by atoms with Gasteiger partial charge < -0.3 is 24.2 Å². The smallest absolute Gasteiger partial charge is 0.254 e. The first-order valence-electron chi connectivity index (χ1n) is 13.4. The molecule has 3 aromatic rings. The van der Waals surface area contributed by atoms with Gasteiger partial charge in [-0.25, -0.2) is 0 Å². The molecule has 0 aliphatic carbocycles. The summed E-state index contributed by atoms with van der Waals surface area (Å²) < 4.78 is 11.1. The lowest BCUT2D eigenvalue weighted by atomic mass is 9.75. The number of hydrogen-bond donors (Lipinski definition) is 0. The maximum atomic E-state index is 14.5. The van der Waals surface area contributed by atoms with Gasteiger partial charge in [-0.15, -0.1) is 0 Å². The molecule has 3 aliphatic heterocycles. The van der Waals surface area contributed by atoms with Gasteiger partial charge in [-0.1, -0.05) is 41.9 Å². The normalized spacial score (nSPS) is 20.2. The molecular formula is C31H32ClN3O4. The molecule has 3 aliphatic rings. The molecule has 0 N–H and O–H groups in total. The number of piperazine rings is 1. The predicted octanol–water partition coefficient (Wildman–Crippen LogP) is 4.85. The largest absolute Gasteiger partial charge is 0.493 e. The van der Waals surface area contributed by atoms with Crippen LogP contribution in [-0.2, 0) is 11.2 Å². The van der Waals surface area contributed by atoms with Crippen LogP contribution in [0.3, 0.4) is 0 Å². The van der Waals surface area contributed by atoms with Crippen molar-refractivity contribution < 1.29 is 19.1 Å². The van der Waals surface area contributed by atoms with Crippen LogP contribution in [0.15, 0.2) is 54.6 Å². The molecule has 3 aromatic carbocycles. The van der Waals surface area contributed by atoms with Gasteiger partial charge >= 0.3 is 0 Å². The van der Waals surface area contributed by atoms with Crippen molar-refractivity contribution in [1.29, 1.82) is 0 Å². The highest BCUT2D eigenvalue weighted by Crippen LogP contribution is 2.49. The van der Waals surface area contributed by atoms with Gasteiger partial charge in [0.15, 0.2) is 11.5 Å². The summed E-state index contributed by atoms with van der Waals surface area (Å²) in [7, 11) is 3.13. The van der Waals surface area contributed by atoms with Crippen LogP contribution in [0, 0.1) is 6.92 Å². The predicted molar refractivity (Wildman–Crippen MR) is 151 cm³/mol. The molecule has 2 atom stereocenters. The average molecular weight is 546 g/mol. The fraction of sp³-hybridized carbons (Fsp3) is 0.355. The molecule has 3 heterocycles. The van der Waals surface area contributed by atoms with Crippen LogP contribution < -0.4 is 14.4 Å². The minimum Gasteiger partial charge on any atom is -0.493 e. The summed E-state index contributed by atoms with van der Waals surface area (Å²) in [6, 6.07) is 17.3. The van der Waals surface area contributed by atoms with Crippen molar-refractivity contribution in [1.82, 2.24) is 9.80 Å². The van der Waals surface area contributed by atoms with Crippen molar-refractivity contribution in [3.63, 3.8) is 0 Å². The highest BCUT2D eigenvalue weighted by atomic mass is 35.5. The fourth-order valence-corrected chi connectivity index (χ4v) is 6.57. The maximum Gasteiger partial charge on any atom is 0.254 e. The standard InChI is InChI=1S/C31H32ClN3O4/c1-19-8-9-21(32)16-25(19)33-12-14-34(15-13-33)31(37)28-23-17-26(38-2)27(39-3)18-24(23)30(36)35-11-10-20-6-4-5-7-22(20)29(28)35/h4-9,16-18,28-29H,10-15H2,1-3H3/t28-,29-/m0/s1. The molecule has 2 amide bonds. The molecule has 0 spiro atoms. The van der Waals surface area contributed by atoms with E-state index in [-0.39, 0.29) is 17.9 Å². The molecular weight excluding hydrogens is 514 g/mol. The lowest BCUT2D eigenvalue weighted by molar-refractivity contribution is -0.135. The van der Waals surface area contributed by atoms with Gasteiger partial charge in [0.1, 0.15) is 0 Å². The number of carbonyl (C=O) groups excluding carboxylic acids is 2. The number of ether oxygens (including phenoxy) is 2. The summed E-state index contributed by atoms with van der Waals surface area (Å²) in [5.74, 6) is 0.414. The van der Waals surface area contributed by atoms with Crippen molar-refractivity contribution >= 4 is 29.1 Å². The summed E-state index contributed by atoms with van der Waals surface area (Å²) in [5.41, 5.74) is 5.71. The number of anilines is 1.